The minimum Gasteiger partial charge on any atom is -0.454 e. The van der Waals surface area contributed by atoms with E-state index in [-0.39, 0.29) is 0 Å². The summed E-state index contributed by atoms with van der Waals surface area (Å²) in [6, 6.07) is 42.3. The maximum atomic E-state index is 6.73. The lowest BCUT2D eigenvalue weighted by Gasteiger charge is -2.19. The fourth-order valence-electron chi connectivity index (χ4n) is 5.20. The monoisotopic (exact) mass is 447 g/mol. The van der Waals surface area contributed by atoms with Crippen LogP contribution in [0.3, 0.4) is 0 Å². The molecule has 7 rings (SSSR count). The molecule has 164 valence electrons. The van der Waals surface area contributed by atoms with Crippen LogP contribution in [0.15, 0.2) is 128 Å². The summed E-state index contributed by atoms with van der Waals surface area (Å²) in [7, 11) is 0. The van der Waals surface area contributed by atoms with Crippen molar-refractivity contribution in [3.05, 3.63) is 128 Å². The highest BCUT2D eigenvalue weighted by Crippen LogP contribution is 2.46. The molecule has 0 bridgehead atoms. The molecular formula is C33H21NO. The first-order chi connectivity index (χ1) is 17.4. The molecule has 0 saturated heterocycles. The molecule has 0 atom stereocenters. The lowest BCUT2D eigenvalue weighted by atomic mass is 9.89. The van der Waals surface area contributed by atoms with Gasteiger partial charge in [0.15, 0.2) is 5.75 Å². The van der Waals surface area contributed by atoms with Crippen molar-refractivity contribution >= 4 is 43.2 Å². The highest BCUT2D eigenvalue weighted by molar-refractivity contribution is 6.20. The Balaban J connectivity index is 1.58. The van der Waals surface area contributed by atoms with E-state index in [9.17, 15) is 0 Å². The van der Waals surface area contributed by atoms with Crippen LogP contribution in [-0.2, 0) is 0 Å². The number of benzene rings is 6. The molecule has 0 aliphatic heterocycles. The maximum Gasteiger partial charge on any atom is 0.153 e. The zero-order valence-corrected chi connectivity index (χ0v) is 19.0. The van der Waals surface area contributed by atoms with Crippen LogP contribution < -0.4 is 4.74 Å². The number of hydrogen-bond donors (Lipinski definition) is 0. The first-order valence-corrected chi connectivity index (χ1v) is 11.8. The number of rotatable bonds is 3. The zero-order valence-electron chi connectivity index (χ0n) is 19.0. The smallest absolute Gasteiger partial charge is 0.153 e. The number of ether oxygens (including phenoxy) is 1. The van der Waals surface area contributed by atoms with Crippen molar-refractivity contribution in [1.82, 2.24) is 4.98 Å². The Morgan fingerprint density at radius 1 is 0.457 bits per heavy atom. The van der Waals surface area contributed by atoms with Gasteiger partial charge in [-0.2, -0.15) is 0 Å². The molecule has 0 aliphatic rings. The molecule has 0 N–H and O–H groups in total. The number of aromatic nitrogens is 1. The largest absolute Gasteiger partial charge is 0.454 e. The fourth-order valence-corrected chi connectivity index (χ4v) is 5.20. The first kappa shape index (κ1) is 19.7. The van der Waals surface area contributed by atoms with Crippen molar-refractivity contribution in [2.75, 3.05) is 0 Å². The molecule has 2 heteroatoms. The van der Waals surface area contributed by atoms with Crippen molar-refractivity contribution < 1.29 is 4.74 Å². The molecule has 1 heterocycles. The molecule has 0 fully saturated rings. The van der Waals surface area contributed by atoms with E-state index in [2.05, 4.69) is 108 Å². The second kappa shape index (κ2) is 7.96. The van der Waals surface area contributed by atoms with Gasteiger partial charge in [0.2, 0.25) is 0 Å². The van der Waals surface area contributed by atoms with Gasteiger partial charge in [0.1, 0.15) is 11.3 Å². The Morgan fingerprint density at radius 2 is 1.03 bits per heavy atom. The van der Waals surface area contributed by atoms with Crippen LogP contribution in [0.1, 0.15) is 0 Å². The van der Waals surface area contributed by atoms with Crippen LogP contribution in [0.25, 0.3) is 54.3 Å². The van der Waals surface area contributed by atoms with Gasteiger partial charge in [0.25, 0.3) is 0 Å². The lowest BCUT2D eigenvalue weighted by molar-refractivity contribution is 0.498. The minimum absolute atomic E-state index is 0.760. The molecule has 6 aromatic carbocycles. The van der Waals surface area contributed by atoms with Crippen LogP contribution in [0.5, 0.6) is 11.5 Å². The predicted molar refractivity (Wildman–Crippen MR) is 146 cm³/mol. The lowest BCUT2D eigenvalue weighted by Crippen LogP contribution is -1.93. The summed E-state index contributed by atoms with van der Waals surface area (Å²) in [6.45, 7) is 0. The maximum absolute atomic E-state index is 6.73. The second-order valence-corrected chi connectivity index (χ2v) is 8.76. The van der Waals surface area contributed by atoms with E-state index in [1.54, 1.807) is 0 Å². The third-order valence-corrected chi connectivity index (χ3v) is 6.75. The van der Waals surface area contributed by atoms with Crippen molar-refractivity contribution in [1.29, 1.82) is 0 Å². The van der Waals surface area contributed by atoms with Gasteiger partial charge in [-0.1, -0.05) is 109 Å². The van der Waals surface area contributed by atoms with Crippen LogP contribution in [0.4, 0.5) is 0 Å². The molecule has 0 amide bonds. The Labute approximate surface area is 203 Å². The third-order valence-electron chi connectivity index (χ3n) is 6.75. The molecule has 0 radical (unpaired) electrons. The zero-order chi connectivity index (χ0) is 23.2. The Kier molecular flexibility index (Phi) is 4.49. The van der Waals surface area contributed by atoms with Crippen LogP contribution in [-0.4, -0.2) is 4.98 Å². The molecule has 1 aromatic heterocycles. The number of hydrogen-bond acceptors (Lipinski definition) is 2. The van der Waals surface area contributed by atoms with E-state index in [0.717, 1.165) is 33.2 Å². The summed E-state index contributed by atoms with van der Waals surface area (Å²) in [4.78, 5) is 4.61. The Morgan fingerprint density at radius 3 is 1.80 bits per heavy atom. The van der Waals surface area contributed by atoms with Gasteiger partial charge >= 0.3 is 0 Å². The summed E-state index contributed by atoms with van der Waals surface area (Å²) in [5.41, 5.74) is 3.33. The summed E-state index contributed by atoms with van der Waals surface area (Å²) < 4.78 is 6.73. The minimum atomic E-state index is 0.760. The Hall–Kier alpha value is -4.69. The van der Waals surface area contributed by atoms with Gasteiger partial charge in [0, 0.05) is 22.4 Å². The number of nitrogens with zero attached hydrogens (tertiary/aromatic N) is 1. The average molecular weight is 448 g/mol. The third kappa shape index (κ3) is 3.15. The molecule has 35 heavy (non-hydrogen) atoms. The highest BCUT2D eigenvalue weighted by atomic mass is 16.5. The van der Waals surface area contributed by atoms with Crippen molar-refractivity contribution in [3.8, 4) is 22.6 Å². The SMILES string of the molecule is c1ccc2c(-c3c4ccccc4c(Oc4cccc5cccnc45)c4ccccc34)cccc2c1. The highest BCUT2D eigenvalue weighted by Gasteiger charge is 2.18. The normalized spacial score (nSPS) is 11.4. The van der Waals surface area contributed by atoms with Gasteiger partial charge < -0.3 is 4.74 Å². The van der Waals surface area contributed by atoms with E-state index in [1.165, 1.54) is 32.7 Å². The predicted octanol–water partition coefficient (Wildman–Crippen LogP) is 9.15. The summed E-state index contributed by atoms with van der Waals surface area (Å²) in [5.74, 6) is 1.62. The molecule has 7 aromatic rings. The number of pyridine rings is 1. The van der Waals surface area contributed by atoms with Crippen LogP contribution in [0, 0.1) is 0 Å². The summed E-state index contributed by atoms with van der Waals surface area (Å²) in [6.07, 6.45) is 1.81. The molecule has 2 nitrogen and oxygen atoms in total. The van der Waals surface area contributed by atoms with Gasteiger partial charge in [-0.05, 0) is 44.8 Å². The van der Waals surface area contributed by atoms with E-state index in [4.69, 9.17) is 4.74 Å². The quantitative estimate of drug-likeness (QED) is 0.252. The van der Waals surface area contributed by atoms with Gasteiger partial charge in [-0.3, -0.25) is 4.98 Å². The Bertz CT molecular complexity index is 1820. The summed E-state index contributed by atoms with van der Waals surface area (Å²) >= 11 is 0. The number of para-hydroxylation sites is 1. The first-order valence-electron chi connectivity index (χ1n) is 11.8. The molecule has 0 spiro atoms. The van der Waals surface area contributed by atoms with Crippen molar-refractivity contribution in [2.45, 2.75) is 0 Å². The topological polar surface area (TPSA) is 22.1 Å². The van der Waals surface area contributed by atoms with E-state index < -0.39 is 0 Å². The standard InChI is InChI=1S/C33H21NO/c1-2-14-24-22(10-1)11-7-19-25(24)31-26-15-3-5-17-28(26)33(29-18-6-4-16-27(29)31)35-30-20-8-12-23-13-9-21-34-32(23)30/h1-21H. The molecule has 0 unspecified atom stereocenters. The van der Waals surface area contributed by atoms with E-state index in [0.29, 0.717) is 0 Å². The summed E-state index contributed by atoms with van der Waals surface area (Å²) in [5, 5.41) is 8.06. The van der Waals surface area contributed by atoms with Crippen molar-refractivity contribution in [3.63, 3.8) is 0 Å². The average Bonchev–Trinajstić information content (AvgIpc) is 2.93. The molecule has 0 saturated carbocycles. The van der Waals surface area contributed by atoms with Crippen LogP contribution >= 0.6 is 0 Å². The second-order valence-electron chi connectivity index (χ2n) is 8.76. The van der Waals surface area contributed by atoms with E-state index >= 15 is 0 Å². The van der Waals surface area contributed by atoms with Gasteiger partial charge in [0.05, 0.1) is 0 Å². The van der Waals surface area contributed by atoms with Crippen LogP contribution in [0.2, 0.25) is 0 Å². The fraction of sp³-hybridized carbons (Fsp3) is 0. The van der Waals surface area contributed by atoms with Gasteiger partial charge in [-0.25, -0.2) is 0 Å². The van der Waals surface area contributed by atoms with Gasteiger partial charge in [-0.15, -0.1) is 0 Å². The molecular weight excluding hydrogens is 426 g/mol. The number of fused-ring (bicyclic) bond motifs is 4. The van der Waals surface area contributed by atoms with Crippen molar-refractivity contribution in [2.24, 2.45) is 0 Å². The molecule has 0 aliphatic carbocycles. The van der Waals surface area contributed by atoms with E-state index in [1.807, 2.05) is 24.4 Å².